The Labute approximate surface area is 168 Å². The van der Waals surface area contributed by atoms with Crippen LogP contribution < -0.4 is 17.0 Å². The van der Waals surface area contributed by atoms with Gasteiger partial charge in [0, 0.05) is 18.4 Å². The number of anilines is 1. The molecular weight excluding hydrogens is 378 g/mol. The molecule has 1 aliphatic rings. The van der Waals surface area contributed by atoms with Crippen molar-refractivity contribution in [2.75, 3.05) is 5.73 Å². The number of rotatable bonds is 4. The van der Waals surface area contributed by atoms with Gasteiger partial charge in [-0.1, -0.05) is 6.07 Å². The molecule has 0 atom stereocenters. The first-order valence-corrected chi connectivity index (χ1v) is 8.93. The van der Waals surface area contributed by atoms with Crippen LogP contribution in [0.15, 0.2) is 41.3 Å². The Kier molecular flexibility index (Phi) is 5.19. The van der Waals surface area contributed by atoms with E-state index in [0.717, 1.165) is 46.2 Å². The molecule has 1 saturated carbocycles. The molecule has 0 unspecified atom stereocenters. The molecular formula is C21H22ClN3O3. The van der Waals surface area contributed by atoms with Crippen molar-refractivity contribution in [3.8, 4) is 11.1 Å². The van der Waals surface area contributed by atoms with Gasteiger partial charge in [-0.25, -0.2) is 4.79 Å². The molecule has 3 aromatic rings. The number of benzene rings is 1. The lowest BCUT2D eigenvalue weighted by molar-refractivity contribution is 0.0694. The number of nitrogens with zero attached hydrogens (tertiary/aromatic N) is 1. The molecule has 1 fully saturated rings. The van der Waals surface area contributed by atoms with Gasteiger partial charge < -0.3 is 16.6 Å². The number of halogens is 1. The van der Waals surface area contributed by atoms with Crippen molar-refractivity contribution in [3.05, 3.63) is 69.1 Å². The number of nitrogens with two attached hydrogens (primary N) is 2. The number of aryl methyl sites for hydroxylation is 1. The number of carboxylic acid groups (broad SMARTS) is 1. The minimum atomic E-state index is -1.19. The van der Waals surface area contributed by atoms with Gasteiger partial charge >= 0.3 is 5.97 Å². The number of fused-ring (bicyclic) bond motifs is 1. The second-order valence-corrected chi connectivity index (χ2v) is 7.09. The average molecular weight is 400 g/mol. The second kappa shape index (κ2) is 7.30. The second-order valence-electron chi connectivity index (χ2n) is 7.09. The summed E-state index contributed by atoms with van der Waals surface area (Å²) in [6, 6.07) is 9.14. The van der Waals surface area contributed by atoms with Gasteiger partial charge in [0.2, 0.25) is 0 Å². The van der Waals surface area contributed by atoms with Crippen molar-refractivity contribution >= 4 is 29.6 Å². The lowest BCUT2D eigenvalue weighted by Crippen LogP contribution is -2.23. The maximum atomic E-state index is 12.7. The van der Waals surface area contributed by atoms with E-state index in [1.807, 2.05) is 31.2 Å². The van der Waals surface area contributed by atoms with Gasteiger partial charge in [0.1, 0.15) is 5.56 Å². The van der Waals surface area contributed by atoms with Gasteiger partial charge in [-0.3, -0.25) is 9.20 Å². The van der Waals surface area contributed by atoms with Gasteiger partial charge in [-0.15, -0.1) is 12.4 Å². The standard InChI is InChI=1S/C21H21N3O3.ClH/c1-11-15(13-4-5-18(23)14(8-13)10-22)6-7-24-19(11)16(12-2-3-12)9-17(20(24)25)21(26)27;/h4-9,12H,2-3,10,22-23H2,1H3,(H,26,27);1H. The number of hydrogen-bond donors (Lipinski definition) is 3. The van der Waals surface area contributed by atoms with E-state index < -0.39 is 11.5 Å². The largest absolute Gasteiger partial charge is 0.477 e. The van der Waals surface area contributed by atoms with Crippen molar-refractivity contribution in [2.45, 2.75) is 32.2 Å². The Hall–Kier alpha value is -2.83. The number of nitrogen functional groups attached to an aromatic ring is 1. The molecule has 0 amide bonds. The summed E-state index contributed by atoms with van der Waals surface area (Å²) < 4.78 is 1.47. The van der Waals surface area contributed by atoms with Crippen LogP contribution >= 0.6 is 12.4 Å². The summed E-state index contributed by atoms with van der Waals surface area (Å²) in [4.78, 5) is 24.2. The Morgan fingerprint density at radius 1 is 1.25 bits per heavy atom. The maximum Gasteiger partial charge on any atom is 0.341 e. The van der Waals surface area contributed by atoms with E-state index in [1.54, 1.807) is 12.3 Å². The van der Waals surface area contributed by atoms with Crippen LogP contribution in [0.5, 0.6) is 0 Å². The molecule has 0 bridgehead atoms. The van der Waals surface area contributed by atoms with E-state index in [4.69, 9.17) is 11.5 Å². The summed E-state index contributed by atoms with van der Waals surface area (Å²) in [7, 11) is 0. The van der Waals surface area contributed by atoms with Gasteiger partial charge in [0.25, 0.3) is 5.56 Å². The van der Waals surface area contributed by atoms with Crippen LogP contribution in [-0.2, 0) is 6.54 Å². The SMILES string of the molecule is Cc1c(-c2ccc(N)c(CN)c2)ccn2c(=O)c(C(=O)O)cc(C3CC3)c12.Cl. The van der Waals surface area contributed by atoms with Crippen molar-refractivity contribution < 1.29 is 9.90 Å². The molecule has 1 aliphatic carbocycles. The van der Waals surface area contributed by atoms with Crippen LogP contribution in [0, 0.1) is 6.92 Å². The number of carboxylic acids is 1. The first kappa shape index (κ1) is 19.9. The molecule has 0 spiro atoms. The summed E-state index contributed by atoms with van der Waals surface area (Å²) in [5, 5.41) is 9.40. The van der Waals surface area contributed by atoms with Crippen molar-refractivity contribution in [2.24, 2.45) is 5.73 Å². The number of aromatic carboxylic acids is 1. The molecule has 0 radical (unpaired) electrons. The van der Waals surface area contributed by atoms with E-state index in [1.165, 1.54) is 4.40 Å². The molecule has 0 aliphatic heterocycles. The monoisotopic (exact) mass is 399 g/mol. The van der Waals surface area contributed by atoms with Crippen molar-refractivity contribution in [1.29, 1.82) is 0 Å². The Morgan fingerprint density at radius 3 is 2.57 bits per heavy atom. The van der Waals surface area contributed by atoms with Crippen LogP contribution in [-0.4, -0.2) is 15.5 Å². The highest BCUT2D eigenvalue weighted by Crippen LogP contribution is 2.43. The Morgan fingerprint density at radius 2 is 1.96 bits per heavy atom. The molecule has 1 aromatic carbocycles. The van der Waals surface area contributed by atoms with Gasteiger partial charge in [0.05, 0.1) is 5.52 Å². The maximum absolute atomic E-state index is 12.7. The lowest BCUT2D eigenvalue weighted by atomic mass is 9.95. The highest BCUT2D eigenvalue weighted by molar-refractivity contribution is 5.89. The molecule has 0 saturated heterocycles. The smallest absolute Gasteiger partial charge is 0.341 e. The van der Waals surface area contributed by atoms with E-state index in [9.17, 15) is 14.7 Å². The van der Waals surface area contributed by atoms with Crippen LogP contribution in [0.2, 0.25) is 0 Å². The molecule has 28 heavy (non-hydrogen) atoms. The zero-order valence-electron chi connectivity index (χ0n) is 15.4. The number of carbonyl (C=O) groups is 1. The summed E-state index contributed by atoms with van der Waals surface area (Å²) >= 11 is 0. The summed E-state index contributed by atoms with van der Waals surface area (Å²) in [5.74, 6) is -0.886. The molecule has 2 heterocycles. The van der Waals surface area contributed by atoms with Crippen molar-refractivity contribution in [1.82, 2.24) is 4.40 Å². The number of pyridine rings is 2. The minimum absolute atomic E-state index is 0. The predicted molar refractivity (Wildman–Crippen MR) is 112 cm³/mol. The van der Waals surface area contributed by atoms with Crippen LogP contribution in [0.3, 0.4) is 0 Å². The van der Waals surface area contributed by atoms with E-state index in [-0.39, 0.29) is 18.0 Å². The van der Waals surface area contributed by atoms with Crippen LogP contribution in [0.25, 0.3) is 16.6 Å². The Balaban J connectivity index is 0.00000225. The molecule has 4 rings (SSSR count). The van der Waals surface area contributed by atoms with E-state index in [0.29, 0.717) is 18.2 Å². The van der Waals surface area contributed by atoms with E-state index >= 15 is 0 Å². The predicted octanol–water partition coefficient (Wildman–Crippen LogP) is 3.31. The summed E-state index contributed by atoms with van der Waals surface area (Å²) in [5.41, 5.74) is 17.2. The molecule has 7 heteroatoms. The number of hydrogen-bond acceptors (Lipinski definition) is 4. The quantitative estimate of drug-likeness (QED) is 0.583. The zero-order valence-corrected chi connectivity index (χ0v) is 16.3. The third-order valence-electron chi connectivity index (χ3n) is 5.33. The van der Waals surface area contributed by atoms with E-state index in [2.05, 4.69) is 0 Å². The topological polar surface area (TPSA) is 111 Å². The number of aromatic nitrogens is 1. The molecule has 146 valence electrons. The first-order chi connectivity index (χ1) is 12.9. The van der Waals surface area contributed by atoms with Gasteiger partial charge in [-0.2, -0.15) is 0 Å². The summed E-state index contributed by atoms with van der Waals surface area (Å²) in [6.45, 7) is 2.32. The first-order valence-electron chi connectivity index (χ1n) is 8.93. The van der Waals surface area contributed by atoms with Crippen LogP contribution in [0.4, 0.5) is 5.69 Å². The highest BCUT2D eigenvalue weighted by atomic mass is 35.5. The highest BCUT2D eigenvalue weighted by Gasteiger charge is 2.29. The average Bonchev–Trinajstić information content (AvgIpc) is 3.48. The molecule has 2 aromatic heterocycles. The van der Waals surface area contributed by atoms with Crippen LogP contribution in [0.1, 0.15) is 45.8 Å². The molecule has 6 nitrogen and oxygen atoms in total. The fraction of sp³-hybridized carbons (Fsp3) is 0.238. The molecule has 5 N–H and O–H groups in total. The zero-order chi connectivity index (χ0) is 19.3. The fourth-order valence-corrected chi connectivity index (χ4v) is 3.72. The van der Waals surface area contributed by atoms with Gasteiger partial charge in [-0.05, 0) is 77.8 Å². The third-order valence-corrected chi connectivity index (χ3v) is 5.33. The fourth-order valence-electron chi connectivity index (χ4n) is 3.72. The minimum Gasteiger partial charge on any atom is -0.477 e. The summed E-state index contributed by atoms with van der Waals surface area (Å²) in [6.07, 6.45) is 3.68. The lowest BCUT2D eigenvalue weighted by Gasteiger charge is -2.16. The Bertz CT molecular complexity index is 1150. The van der Waals surface area contributed by atoms with Crippen molar-refractivity contribution in [3.63, 3.8) is 0 Å². The van der Waals surface area contributed by atoms with Gasteiger partial charge in [0.15, 0.2) is 0 Å². The normalized spacial score (nSPS) is 13.4. The third kappa shape index (κ3) is 3.15.